The molecule has 150 valence electrons. The normalized spacial score (nSPS) is 17.4. The van der Waals surface area contributed by atoms with E-state index in [2.05, 4.69) is 25.4 Å². The van der Waals surface area contributed by atoms with Crippen LogP contribution in [0.4, 0.5) is 8.78 Å². The summed E-state index contributed by atoms with van der Waals surface area (Å²) in [7, 11) is 0. The molecule has 3 heterocycles. The maximum absolute atomic E-state index is 14.5. The highest BCUT2D eigenvalue weighted by molar-refractivity contribution is 5.60. The van der Waals surface area contributed by atoms with Gasteiger partial charge in [0.1, 0.15) is 24.5 Å². The van der Waals surface area contributed by atoms with Crippen LogP contribution in [0, 0.1) is 11.6 Å². The fraction of sp³-hybridized carbons (Fsp3) is 0.316. The second-order valence-electron chi connectivity index (χ2n) is 6.61. The molecule has 0 fully saturated rings. The van der Waals surface area contributed by atoms with E-state index in [0.717, 1.165) is 29.0 Å². The van der Waals surface area contributed by atoms with Gasteiger partial charge in [0.15, 0.2) is 17.3 Å². The van der Waals surface area contributed by atoms with E-state index in [9.17, 15) is 8.78 Å². The molecule has 10 heteroatoms. The Hall–Kier alpha value is -3.43. The third-order valence-corrected chi connectivity index (χ3v) is 3.99. The maximum atomic E-state index is 14.5. The molecule has 0 atom stereocenters. The van der Waals surface area contributed by atoms with E-state index in [1.54, 1.807) is 0 Å². The van der Waals surface area contributed by atoms with Crippen molar-refractivity contribution in [3.63, 3.8) is 0 Å². The fourth-order valence-electron chi connectivity index (χ4n) is 2.58. The van der Waals surface area contributed by atoms with E-state index in [1.807, 2.05) is 0 Å². The quantitative estimate of drug-likeness (QED) is 0.517. The van der Waals surface area contributed by atoms with Gasteiger partial charge in [-0.15, -0.1) is 15.3 Å². The van der Waals surface area contributed by atoms with E-state index in [0.29, 0.717) is 4.68 Å². The lowest BCUT2D eigenvalue weighted by Gasteiger charge is -2.21. The van der Waals surface area contributed by atoms with Crippen LogP contribution in [-0.2, 0) is 18.9 Å². The summed E-state index contributed by atoms with van der Waals surface area (Å²) in [5.41, 5.74) is -2.22. The first-order valence-electron chi connectivity index (χ1n) is 12.3. The van der Waals surface area contributed by atoms with Gasteiger partial charge in [-0.1, -0.05) is 20.7 Å². The number of aryl methyl sites for hydroxylation is 1. The molecule has 0 radical (unpaired) electrons. The fourth-order valence-corrected chi connectivity index (χ4v) is 2.58. The van der Waals surface area contributed by atoms with Crippen LogP contribution in [0.15, 0.2) is 30.6 Å². The molecule has 4 aromatic rings. The molecule has 0 aliphatic heterocycles. The van der Waals surface area contributed by atoms with Gasteiger partial charge in [0, 0.05) is 20.8 Å². The van der Waals surface area contributed by atoms with Crippen molar-refractivity contribution in [1.29, 1.82) is 0 Å². The van der Waals surface area contributed by atoms with Crippen LogP contribution in [0.25, 0.3) is 17.0 Å². The van der Waals surface area contributed by atoms with Crippen molar-refractivity contribution in [3.8, 4) is 17.3 Å². The van der Waals surface area contributed by atoms with Crippen LogP contribution < -0.4 is 4.74 Å². The monoisotopic (exact) mass is 407 g/mol. The first kappa shape index (κ1) is 11.5. The standard InChI is InChI=1S/C19H19F2N7O/c1-19(2,3)13-8-15-24-25-17(12-7-11(20)5-6-14(12)21)28(15)26-18(13)29-9-16-22-10-23-27(16)4/h5-8,10H,9H2,1-4H3/i1D3,4D3,9D2. The zero-order valence-electron chi connectivity index (χ0n) is 23.2. The van der Waals surface area contributed by atoms with Crippen LogP contribution in [0.2, 0.25) is 0 Å². The molecule has 0 aliphatic rings. The van der Waals surface area contributed by atoms with E-state index in [1.165, 1.54) is 19.9 Å². The minimum Gasteiger partial charge on any atom is -0.468 e. The van der Waals surface area contributed by atoms with Crippen molar-refractivity contribution in [2.75, 3.05) is 0 Å². The van der Waals surface area contributed by atoms with E-state index < -0.39 is 49.1 Å². The molecule has 0 unspecified atom stereocenters. The number of rotatable bonds is 4. The zero-order valence-corrected chi connectivity index (χ0v) is 15.2. The van der Waals surface area contributed by atoms with E-state index in [-0.39, 0.29) is 22.6 Å². The second kappa shape index (κ2) is 6.87. The Morgan fingerprint density at radius 1 is 1.24 bits per heavy atom. The summed E-state index contributed by atoms with van der Waals surface area (Å²) in [4.78, 5) is 3.66. The van der Waals surface area contributed by atoms with Gasteiger partial charge in [-0.05, 0) is 29.7 Å². The molecule has 1 aromatic carbocycles. The highest BCUT2D eigenvalue weighted by Gasteiger charge is 2.24. The highest BCUT2D eigenvalue weighted by atomic mass is 19.1. The average molecular weight is 407 g/mol. The van der Waals surface area contributed by atoms with Gasteiger partial charge in [-0.2, -0.15) is 9.61 Å². The Bertz CT molecular complexity index is 1480. The van der Waals surface area contributed by atoms with Gasteiger partial charge in [0.2, 0.25) is 5.88 Å². The predicted octanol–water partition coefficient (Wildman–Crippen LogP) is 3.07. The Morgan fingerprint density at radius 3 is 2.90 bits per heavy atom. The van der Waals surface area contributed by atoms with Crippen molar-refractivity contribution in [2.24, 2.45) is 6.98 Å². The lowest BCUT2D eigenvalue weighted by molar-refractivity contribution is 0.266. The van der Waals surface area contributed by atoms with Gasteiger partial charge in [-0.25, -0.2) is 13.8 Å². The van der Waals surface area contributed by atoms with Crippen molar-refractivity contribution in [3.05, 3.63) is 53.6 Å². The molecule has 29 heavy (non-hydrogen) atoms. The number of hydrogen-bond donors (Lipinski definition) is 0. The molecule has 0 saturated carbocycles. The summed E-state index contributed by atoms with van der Waals surface area (Å²) >= 11 is 0. The first-order chi connectivity index (χ1) is 16.9. The van der Waals surface area contributed by atoms with Crippen molar-refractivity contribution < 1.29 is 24.5 Å². The molecule has 0 amide bonds. The molecule has 0 saturated heterocycles. The maximum Gasteiger partial charge on any atom is 0.236 e. The lowest BCUT2D eigenvalue weighted by atomic mass is 9.88. The molecule has 0 spiro atoms. The topological polar surface area (TPSA) is 83.0 Å². The van der Waals surface area contributed by atoms with Gasteiger partial charge in [0.25, 0.3) is 0 Å². The summed E-state index contributed by atoms with van der Waals surface area (Å²) in [5, 5.41) is 15.4. The minimum absolute atomic E-state index is 0.0652. The minimum atomic E-state index is -2.98. The van der Waals surface area contributed by atoms with Crippen LogP contribution in [-0.4, -0.2) is 34.6 Å². The summed E-state index contributed by atoms with van der Waals surface area (Å²) in [6.45, 7) is -5.86. The van der Waals surface area contributed by atoms with E-state index >= 15 is 0 Å². The number of fused-ring (bicyclic) bond motifs is 1. The lowest BCUT2D eigenvalue weighted by Crippen LogP contribution is -2.17. The van der Waals surface area contributed by atoms with Crippen molar-refractivity contribution in [1.82, 2.24) is 34.6 Å². The molecular formula is C19H19F2N7O. The Balaban J connectivity index is 1.95. The Kier molecular flexibility index (Phi) is 2.73. The number of ether oxygens (including phenoxy) is 1. The first-order valence-corrected chi connectivity index (χ1v) is 8.26. The number of halogens is 2. The van der Waals surface area contributed by atoms with Crippen molar-refractivity contribution in [2.45, 2.75) is 32.7 Å². The summed E-state index contributed by atoms with van der Waals surface area (Å²) < 4.78 is 98.4. The SMILES string of the molecule is [2H]C([2H])(Oc1nn2c(-c3cc(F)ccc3F)nnc2cc1C(C)(C)C([2H])([2H])[2H])c1ncnn1C([2H])([2H])[2H]. The predicted molar refractivity (Wildman–Crippen MR) is 100 cm³/mol. The third kappa shape index (κ3) is 3.53. The summed E-state index contributed by atoms with van der Waals surface area (Å²) in [6, 6.07) is 3.84. The molecule has 0 bridgehead atoms. The smallest absolute Gasteiger partial charge is 0.236 e. The highest BCUT2D eigenvalue weighted by Crippen LogP contribution is 2.32. The Labute approximate surface area is 176 Å². The Morgan fingerprint density at radius 2 is 2.10 bits per heavy atom. The van der Waals surface area contributed by atoms with Gasteiger partial charge >= 0.3 is 0 Å². The zero-order chi connectivity index (χ0) is 27.6. The molecule has 0 aliphatic carbocycles. The largest absolute Gasteiger partial charge is 0.468 e. The number of benzene rings is 1. The van der Waals surface area contributed by atoms with Crippen molar-refractivity contribution >= 4 is 5.65 Å². The average Bonchev–Trinajstić information content (AvgIpc) is 3.41. The molecule has 3 aromatic heterocycles. The van der Waals surface area contributed by atoms with Gasteiger partial charge in [0.05, 0.1) is 8.30 Å². The number of nitrogens with zero attached hydrogens (tertiary/aromatic N) is 7. The molecule has 0 N–H and O–H groups in total. The van der Waals surface area contributed by atoms with Crippen LogP contribution in [0.3, 0.4) is 0 Å². The molecule has 4 rings (SSSR count). The van der Waals surface area contributed by atoms with Crippen LogP contribution in [0.1, 0.15) is 43.1 Å². The van der Waals surface area contributed by atoms with Gasteiger partial charge in [-0.3, -0.25) is 4.68 Å². The summed E-state index contributed by atoms with van der Waals surface area (Å²) in [5.74, 6) is -3.25. The number of hydrogen-bond acceptors (Lipinski definition) is 6. The van der Waals surface area contributed by atoms with Crippen LogP contribution >= 0.6 is 0 Å². The number of aromatic nitrogens is 7. The van der Waals surface area contributed by atoms with Crippen LogP contribution in [0.5, 0.6) is 5.88 Å². The molecular weight excluding hydrogens is 380 g/mol. The molecule has 8 nitrogen and oxygen atoms in total. The third-order valence-electron chi connectivity index (χ3n) is 3.99. The second-order valence-corrected chi connectivity index (χ2v) is 6.61. The summed E-state index contributed by atoms with van der Waals surface area (Å²) in [6.07, 6.45) is 0.817. The van der Waals surface area contributed by atoms with Gasteiger partial charge < -0.3 is 4.74 Å². The van der Waals surface area contributed by atoms with E-state index in [4.69, 9.17) is 15.7 Å².